The summed E-state index contributed by atoms with van der Waals surface area (Å²) in [6.45, 7) is 1.91. The number of hydrogen-bond donors (Lipinski definition) is 3. The molecule has 0 amide bonds. The first-order valence-corrected chi connectivity index (χ1v) is 8.01. The minimum absolute atomic E-state index is 0.0551. The van der Waals surface area contributed by atoms with Gasteiger partial charge in [-0.05, 0) is 30.8 Å². The fourth-order valence-electron chi connectivity index (χ4n) is 3.04. The Bertz CT molecular complexity index is 692. The molecule has 0 radical (unpaired) electrons. The number of benzene rings is 2. The van der Waals surface area contributed by atoms with Crippen LogP contribution in [-0.2, 0) is 5.54 Å². The van der Waals surface area contributed by atoms with Crippen molar-refractivity contribution in [1.82, 2.24) is 10.6 Å². The van der Waals surface area contributed by atoms with Gasteiger partial charge in [-0.3, -0.25) is 0 Å². The Morgan fingerprint density at radius 2 is 1.91 bits per heavy atom. The van der Waals surface area contributed by atoms with Gasteiger partial charge in [0.1, 0.15) is 18.6 Å². The van der Waals surface area contributed by atoms with Gasteiger partial charge < -0.3 is 20.5 Å². The second-order valence-electron chi connectivity index (χ2n) is 5.84. The smallest absolute Gasteiger partial charge is 0.168 e. The number of aliphatic hydroxyl groups is 1. The lowest BCUT2D eigenvalue weighted by molar-refractivity contribution is 0.122. The minimum atomic E-state index is -0.380. The molecule has 0 fully saturated rings. The summed E-state index contributed by atoms with van der Waals surface area (Å²) in [5.41, 5.74) is 1.82. The third-order valence-corrected chi connectivity index (χ3v) is 4.39. The molecular weight excluding hydrogens is 308 g/mol. The second kappa shape index (κ2) is 6.56. The van der Waals surface area contributed by atoms with Crippen LogP contribution >= 0.6 is 12.2 Å². The van der Waals surface area contributed by atoms with E-state index in [1.54, 1.807) is 0 Å². The number of aliphatic hydroxyl groups excluding tert-OH is 1. The molecule has 2 aromatic rings. The number of para-hydroxylation sites is 1. The molecule has 0 bridgehead atoms. The van der Waals surface area contributed by atoms with Crippen LogP contribution in [0.5, 0.6) is 5.75 Å². The van der Waals surface area contributed by atoms with E-state index < -0.39 is 0 Å². The largest absolute Gasteiger partial charge is 0.485 e. The lowest BCUT2D eigenvalue weighted by atomic mass is 9.82. The highest BCUT2D eigenvalue weighted by Gasteiger charge is 2.39. The van der Waals surface area contributed by atoms with Crippen molar-refractivity contribution in [3.63, 3.8) is 0 Å². The molecule has 1 aliphatic rings. The fraction of sp³-hybridized carbons (Fsp3) is 0.278. The molecule has 0 saturated carbocycles. The number of thiocarbonyl (C=S) groups is 1. The average molecular weight is 328 g/mol. The zero-order valence-electron chi connectivity index (χ0n) is 13.0. The lowest BCUT2D eigenvalue weighted by Crippen LogP contribution is -2.50. The highest BCUT2D eigenvalue weighted by atomic mass is 32.1. The summed E-state index contributed by atoms with van der Waals surface area (Å²) in [5, 5.41) is 15.5. The first-order chi connectivity index (χ1) is 11.1. The zero-order chi connectivity index (χ0) is 16.3. The predicted molar refractivity (Wildman–Crippen MR) is 94.2 cm³/mol. The van der Waals surface area contributed by atoms with Crippen molar-refractivity contribution < 1.29 is 9.84 Å². The van der Waals surface area contributed by atoms with Gasteiger partial charge in [0.05, 0.1) is 5.54 Å². The molecule has 1 heterocycles. The van der Waals surface area contributed by atoms with Gasteiger partial charge in [0.25, 0.3) is 0 Å². The molecular formula is C18H20N2O2S. The topological polar surface area (TPSA) is 53.5 Å². The molecule has 1 aliphatic heterocycles. The van der Waals surface area contributed by atoms with E-state index in [0.717, 1.165) is 23.3 Å². The Morgan fingerprint density at radius 1 is 1.22 bits per heavy atom. The highest BCUT2D eigenvalue weighted by Crippen LogP contribution is 2.44. The van der Waals surface area contributed by atoms with Crippen molar-refractivity contribution in [3.05, 3.63) is 65.7 Å². The van der Waals surface area contributed by atoms with Crippen molar-refractivity contribution in [1.29, 1.82) is 0 Å². The van der Waals surface area contributed by atoms with Crippen LogP contribution in [0.2, 0.25) is 0 Å². The number of rotatable bonds is 3. The Hall–Kier alpha value is -2.11. The Kier molecular flexibility index (Phi) is 4.50. The summed E-state index contributed by atoms with van der Waals surface area (Å²) in [6.07, 6.45) is 0.682. The maximum atomic E-state index is 9.01. The van der Waals surface area contributed by atoms with Gasteiger partial charge in [-0.25, -0.2) is 0 Å². The van der Waals surface area contributed by atoms with Crippen LogP contribution in [0.1, 0.15) is 30.6 Å². The van der Waals surface area contributed by atoms with Crippen LogP contribution in [0, 0.1) is 0 Å². The quantitative estimate of drug-likeness (QED) is 0.597. The monoisotopic (exact) mass is 328 g/mol. The van der Waals surface area contributed by atoms with E-state index in [2.05, 4.69) is 29.7 Å². The molecule has 0 spiro atoms. The summed E-state index contributed by atoms with van der Waals surface area (Å²) in [4.78, 5) is 0. The minimum Gasteiger partial charge on any atom is -0.485 e. The van der Waals surface area contributed by atoms with E-state index in [9.17, 15) is 0 Å². The maximum Gasteiger partial charge on any atom is 0.168 e. The van der Waals surface area contributed by atoms with Gasteiger partial charge in [-0.2, -0.15) is 0 Å². The zero-order valence-corrected chi connectivity index (χ0v) is 13.8. The molecule has 2 aromatic carbocycles. The van der Waals surface area contributed by atoms with Crippen LogP contribution in [0.25, 0.3) is 0 Å². The second-order valence-corrected chi connectivity index (χ2v) is 6.25. The number of nitrogens with one attached hydrogen (secondary N) is 2. The number of hydrogen-bond acceptors (Lipinski definition) is 3. The van der Waals surface area contributed by atoms with Gasteiger partial charge >= 0.3 is 0 Å². The van der Waals surface area contributed by atoms with Gasteiger partial charge in [0, 0.05) is 12.0 Å². The molecule has 0 saturated heterocycles. The third kappa shape index (κ3) is 3.30. The summed E-state index contributed by atoms with van der Waals surface area (Å²) >= 11 is 5.27. The molecule has 3 rings (SSSR count). The molecule has 5 heteroatoms. The molecule has 4 nitrogen and oxygen atoms in total. The van der Waals surface area contributed by atoms with Gasteiger partial charge in [-0.15, -0.1) is 0 Å². The normalized spacial score (nSPS) is 22.6. The van der Waals surface area contributed by atoms with Crippen molar-refractivity contribution >= 4 is 17.3 Å². The molecule has 3 N–H and O–H groups in total. The van der Waals surface area contributed by atoms with Crippen LogP contribution in [0.15, 0.2) is 54.6 Å². The van der Waals surface area contributed by atoms with E-state index in [1.807, 2.05) is 42.5 Å². The molecule has 0 aliphatic carbocycles. The molecule has 2 unspecified atom stereocenters. The SMILES string of the molecule is CC1(NC(=S)NCO)CC(c2ccccc2)Oc2ccccc21. The fourth-order valence-corrected chi connectivity index (χ4v) is 3.33. The summed E-state index contributed by atoms with van der Waals surface area (Å²) < 4.78 is 6.20. The van der Waals surface area contributed by atoms with E-state index in [-0.39, 0.29) is 18.4 Å². The molecule has 2 atom stereocenters. The van der Waals surface area contributed by atoms with Crippen LogP contribution in [0.4, 0.5) is 0 Å². The maximum absolute atomic E-state index is 9.01. The first-order valence-electron chi connectivity index (χ1n) is 7.60. The van der Waals surface area contributed by atoms with Crippen LogP contribution in [-0.4, -0.2) is 16.9 Å². The van der Waals surface area contributed by atoms with Gasteiger partial charge in [0.2, 0.25) is 0 Å². The Labute approximate surface area is 141 Å². The van der Waals surface area contributed by atoms with Crippen molar-refractivity contribution in [3.8, 4) is 5.75 Å². The molecule has 120 valence electrons. The summed E-state index contributed by atoms with van der Waals surface area (Å²) in [7, 11) is 0. The number of fused-ring (bicyclic) bond motifs is 1. The highest BCUT2D eigenvalue weighted by molar-refractivity contribution is 7.80. The lowest BCUT2D eigenvalue weighted by Gasteiger charge is -2.41. The van der Waals surface area contributed by atoms with Gasteiger partial charge in [-0.1, -0.05) is 48.5 Å². The van der Waals surface area contributed by atoms with Crippen LogP contribution < -0.4 is 15.4 Å². The molecule has 23 heavy (non-hydrogen) atoms. The first kappa shape index (κ1) is 15.8. The van der Waals surface area contributed by atoms with Crippen LogP contribution in [0.3, 0.4) is 0 Å². The molecule has 0 aromatic heterocycles. The Morgan fingerprint density at radius 3 is 2.65 bits per heavy atom. The standard InChI is InChI=1S/C18H20N2O2S/c1-18(20-17(23)19-12-21)11-16(13-7-3-2-4-8-13)22-15-10-6-5-9-14(15)18/h2-10,16,21H,11-12H2,1H3,(H2,19,20,23). The van der Waals surface area contributed by atoms with E-state index >= 15 is 0 Å². The number of ether oxygens (including phenoxy) is 1. The summed E-state index contributed by atoms with van der Waals surface area (Å²) in [5.74, 6) is 0.856. The third-order valence-electron chi connectivity index (χ3n) is 4.14. The van der Waals surface area contributed by atoms with Gasteiger partial charge in [0.15, 0.2) is 5.11 Å². The van der Waals surface area contributed by atoms with E-state index in [0.29, 0.717) is 5.11 Å². The predicted octanol–water partition coefficient (Wildman–Crippen LogP) is 2.84. The summed E-state index contributed by atoms with van der Waals surface area (Å²) in [6, 6.07) is 18.2. The average Bonchev–Trinajstić information content (AvgIpc) is 2.55. The van der Waals surface area contributed by atoms with Crippen molar-refractivity contribution in [2.75, 3.05) is 6.73 Å². The Balaban J connectivity index is 1.95. The van der Waals surface area contributed by atoms with E-state index in [4.69, 9.17) is 22.1 Å². The van der Waals surface area contributed by atoms with Crippen molar-refractivity contribution in [2.24, 2.45) is 0 Å². The van der Waals surface area contributed by atoms with Crippen molar-refractivity contribution in [2.45, 2.75) is 25.0 Å². The van der Waals surface area contributed by atoms with E-state index in [1.165, 1.54) is 0 Å².